The Morgan fingerprint density at radius 2 is 1.78 bits per heavy atom. The molecule has 0 amide bonds. The summed E-state index contributed by atoms with van der Waals surface area (Å²) in [6.45, 7) is 7.93. The fourth-order valence-electron chi connectivity index (χ4n) is 2.51. The zero-order chi connectivity index (χ0) is 13.0. The number of carbonyl (C=O) groups excluding carboxylic acids is 1. The molecule has 0 aromatic heterocycles. The minimum absolute atomic E-state index is 0.0768. The van der Waals surface area contributed by atoms with Crippen molar-refractivity contribution >= 4 is 11.5 Å². The molecular weight excluding hydrogens is 224 g/mol. The van der Waals surface area contributed by atoms with Crippen molar-refractivity contribution in [3.05, 3.63) is 30.3 Å². The molecule has 1 aliphatic heterocycles. The number of carbonyl (C=O) groups is 1. The van der Waals surface area contributed by atoms with E-state index in [1.54, 1.807) is 0 Å². The van der Waals surface area contributed by atoms with Gasteiger partial charge in [0.1, 0.15) is 5.78 Å². The number of rotatable bonds is 4. The van der Waals surface area contributed by atoms with Crippen LogP contribution in [0, 0.1) is 0 Å². The highest BCUT2D eigenvalue weighted by Crippen LogP contribution is 2.16. The second kappa shape index (κ2) is 6.01. The van der Waals surface area contributed by atoms with Crippen LogP contribution in [0.1, 0.15) is 20.3 Å². The smallest absolute Gasteiger partial charge is 0.149 e. The van der Waals surface area contributed by atoms with Gasteiger partial charge >= 0.3 is 0 Å². The van der Waals surface area contributed by atoms with Gasteiger partial charge in [0.05, 0.1) is 6.04 Å². The van der Waals surface area contributed by atoms with Crippen LogP contribution in [0.2, 0.25) is 0 Å². The summed E-state index contributed by atoms with van der Waals surface area (Å²) < 4.78 is 0. The molecule has 0 bridgehead atoms. The van der Waals surface area contributed by atoms with Gasteiger partial charge < -0.3 is 4.90 Å². The van der Waals surface area contributed by atoms with Gasteiger partial charge in [-0.1, -0.05) is 25.1 Å². The normalized spacial score (nSPS) is 18.7. The SMILES string of the molecule is CCC(=O)C(C)N1CCN(c2ccccc2)CC1. The second-order valence-corrected chi connectivity index (χ2v) is 4.85. The number of nitrogens with zero attached hydrogens (tertiary/aromatic N) is 2. The van der Waals surface area contributed by atoms with E-state index >= 15 is 0 Å². The van der Waals surface area contributed by atoms with E-state index in [-0.39, 0.29) is 6.04 Å². The van der Waals surface area contributed by atoms with Gasteiger partial charge in [0.2, 0.25) is 0 Å². The Labute approximate surface area is 109 Å². The molecule has 1 aromatic carbocycles. The highest BCUT2D eigenvalue weighted by molar-refractivity contribution is 5.83. The monoisotopic (exact) mass is 246 g/mol. The van der Waals surface area contributed by atoms with E-state index in [9.17, 15) is 4.79 Å². The summed E-state index contributed by atoms with van der Waals surface area (Å²) >= 11 is 0. The van der Waals surface area contributed by atoms with Crippen LogP contribution >= 0.6 is 0 Å². The molecule has 3 nitrogen and oxygen atoms in total. The maximum Gasteiger partial charge on any atom is 0.149 e. The first-order valence-electron chi connectivity index (χ1n) is 6.79. The molecule has 1 atom stereocenters. The molecule has 0 spiro atoms. The van der Waals surface area contributed by atoms with Crippen LogP contribution in [0.15, 0.2) is 30.3 Å². The molecule has 0 radical (unpaired) electrons. The van der Waals surface area contributed by atoms with E-state index in [2.05, 4.69) is 34.1 Å². The number of Topliss-reactive ketones (excluding diaryl/α,β-unsaturated/α-hetero) is 1. The van der Waals surface area contributed by atoms with Gasteiger partial charge in [-0.15, -0.1) is 0 Å². The number of ketones is 1. The van der Waals surface area contributed by atoms with Gasteiger partial charge in [-0.2, -0.15) is 0 Å². The molecule has 1 aliphatic rings. The Hall–Kier alpha value is -1.35. The minimum atomic E-state index is 0.0768. The lowest BCUT2D eigenvalue weighted by atomic mass is 10.1. The second-order valence-electron chi connectivity index (χ2n) is 4.85. The largest absolute Gasteiger partial charge is 0.369 e. The van der Waals surface area contributed by atoms with E-state index in [4.69, 9.17) is 0 Å². The predicted molar refractivity (Wildman–Crippen MR) is 75.0 cm³/mol. The van der Waals surface area contributed by atoms with Gasteiger partial charge in [-0.25, -0.2) is 0 Å². The third-order valence-corrected chi connectivity index (χ3v) is 3.80. The topological polar surface area (TPSA) is 23.6 Å². The number of anilines is 1. The van der Waals surface area contributed by atoms with Gasteiger partial charge in [0, 0.05) is 38.3 Å². The highest BCUT2D eigenvalue weighted by Gasteiger charge is 2.24. The van der Waals surface area contributed by atoms with E-state index < -0.39 is 0 Å². The summed E-state index contributed by atoms with van der Waals surface area (Å²) in [5.41, 5.74) is 1.28. The zero-order valence-electron chi connectivity index (χ0n) is 11.3. The maximum atomic E-state index is 11.7. The molecule has 1 heterocycles. The quantitative estimate of drug-likeness (QED) is 0.813. The van der Waals surface area contributed by atoms with Crippen molar-refractivity contribution in [3.63, 3.8) is 0 Å². The number of para-hydroxylation sites is 1. The number of hydrogen-bond acceptors (Lipinski definition) is 3. The Bertz CT molecular complexity index is 383. The van der Waals surface area contributed by atoms with Crippen LogP contribution in [-0.4, -0.2) is 42.9 Å². The Morgan fingerprint density at radius 3 is 2.33 bits per heavy atom. The van der Waals surface area contributed by atoms with Crippen LogP contribution in [-0.2, 0) is 4.79 Å². The summed E-state index contributed by atoms with van der Waals surface area (Å²) in [4.78, 5) is 16.4. The molecule has 1 unspecified atom stereocenters. The van der Waals surface area contributed by atoms with E-state index in [0.717, 1.165) is 26.2 Å². The van der Waals surface area contributed by atoms with Gasteiger partial charge in [-0.05, 0) is 19.1 Å². The Balaban J connectivity index is 1.90. The van der Waals surface area contributed by atoms with E-state index in [1.807, 2.05) is 19.9 Å². The molecule has 0 saturated carbocycles. The molecule has 1 saturated heterocycles. The summed E-state index contributed by atoms with van der Waals surface area (Å²) in [5, 5.41) is 0. The average Bonchev–Trinajstić information content (AvgIpc) is 2.47. The summed E-state index contributed by atoms with van der Waals surface area (Å²) in [7, 11) is 0. The molecule has 0 aliphatic carbocycles. The van der Waals surface area contributed by atoms with Gasteiger partial charge in [-0.3, -0.25) is 9.69 Å². The van der Waals surface area contributed by atoms with Crippen LogP contribution in [0.5, 0.6) is 0 Å². The highest BCUT2D eigenvalue weighted by atomic mass is 16.1. The fraction of sp³-hybridized carbons (Fsp3) is 0.533. The molecule has 1 aromatic rings. The predicted octanol–water partition coefficient (Wildman–Crippen LogP) is 2.18. The first kappa shape index (κ1) is 13.1. The zero-order valence-corrected chi connectivity index (χ0v) is 11.3. The third kappa shape index (κ3) is 2.91. The van der Waals surface area contributed by atoms with Crippen LogP contribution < -0.4 is 4.90 Å². The molecule has 0 N–H and O–H groups in total. The van der Waals surface area contributed by atoms with Crippen molar-refractivity contribution in [2.24, 2.45) is 0 Å². The van der Waals surface area contributed by atoms with Gasteiger partial charge in [0.15, 0.2) is 0 Å². The van der Waals surface area contributed by atoms with Gasteiger partial charge in [0.25, 0.3) is 0 Å². The number of hydrogen-bond donors (Lipinski definition) is 0. The summed E-state index contributed by atoms with van der Waals surface area (Å²) in [6, 6.07) is 10.6. The first-order valence-corrected chi connectivity index (χ1v) is 6.79. The molecule has 18 heavy (non-hydrogen) atoms. The Morgan fingerprint density at radius 1 is 1.17 bits per heavy atom. The lowest BCUT2D eigenvalue weighted by Gasteiger charge is -2.38. The molecular formula is C15H22N2O. The lowest BCUT2D eigenvalue weighted by molar-refractivity contribution is -0.123. The van der Waals surface area contributed by atoms with Crippen molar-refractivity contribution in [3.8, 4) is 0 Å². The third-order valence-electron chi connectivity index (χ3n) is 3.80. The van der Waals surface area contributed by atoms with Crippen molar-refractivity contribution in [1.82, 2.24) is 4.90 Å². The Kier molecular flexibility index (Phi) is 4.37. The van der Waals surface area contributed by atoms with E-state index in [1.165, 1.54) is 5.69 Å². The van der Waals surface area contributed by atoms with Crippen LogP contribution in [0.4, 0.5) is 5.69 Å². The standard InChI is InChI=1S/C15H22N2O/c1-3-15(18)13(2)16-9-11-17(12-10-16)14-7-5-4-6-8-14/h4-8,13H,3,9-12H2,1-2H3. The molecule has 1 fully saturated rings. The summed E-state index contributed by atoms with van der Waals surface area (Å²) in [6.07, 6.45) is 0.639. The van der Waals surface area contributed by atoms with Crippen molar-refractivity contribution in [2.75, 3.05) is 31.1 Å². The molecule has 98 valence electrons. The minimum Gasteiger partial charge on any atom is -0.369 e. The summed E-state index contributed by atoms with van der Waals surface area (Å²) in [5.74, 6) is 0.350. The van der Waals surface area contributed by atoms with Crippen molar-refractivity contribution in [1.29, 1.82) is 0 Å². The van der Waals surface area contributed by atoms with Crippen molar-refractivity contribution in [2.45, 2.75) is 26.3 Å². The maximum absolute atomic E-state index is 11.7. The van der Waals surface area contributed by atoms with Crippen LogP contribution in [0.3, 0.4) is 0 Å². The van der Waals surface area contributed by atoms with Crippen LogP contribution in [0.25, 0.3) is 0 Å². The molecule has 2 rings (SSSR count). The lowest BCUT2D eigenvalue weighted by Crippen LogP contribution is -2.51. The van der Waals surface area contributed by atoms with Crippen molar-refractivity contribution < 1.29 is 4.79 Å². The number of benzene rings is 1. The van der Waals surface area contributed by atoms with E-state index in [0.29, 0.717) is 12.2 Å². The average molecular weight is 246 g/mol. The first-order chi connectivity index (χ1) is 8.72. The fourth-order valence-corrected chi connectivity index (χ4v) is 2.51. The number of piperazine rings is 1. The molecule has 3 heteroatoms.